The van der Waals surface area contributed by atoms with Crippen LogP contribution in [0.3, 0.4) is 0 Å². The van der Waals surface area contributed by atoms with Crippen molar-refractivity contribution >= 4 is 16.9 Å². The standard InChI is InChI=1S/C17H21FN2O4/c1-17(22,10-23-2)16(21)20-7-5-11(6-8-20)15-13-4-3-12(18)9-14(13)24-19-15/h3-4,9,11,22H,5-8,10H2,1-2H3. The molecule has 2 heterocycles. The van der Waals surface area contributed by atoms with Crippen molar-refractivity contribution in [1.82, 2.24) is 10.1 Å². The summed E-state index contributed by atoms with van der Waals surface area (Å²) in [6, 6.07) is 4.40. The van der Waals surface area contributed by atoms with E-state index in [1.807, 2.05) is 0 Å². The highest BCUT2D eigenvalue weighted by Gasteiger charge is 2.37. The molecule has 1 aromatic carbocycles. The van der Waals surface area contributed by atoms with Gasteiger partial charge in [0.15, 0.2) is 11.2 Å². The second-order valence-corrected chi connectivity index (χ2v) is 6.48. The van der Waals surface area contributed by atoms with Crippen molar-refractivity contribution in [1.29, 1.82) is 0 Å². The molecular weight excluding hydrogens is 315 g/mol. The van der Waals surface area contributed by atoms with Crippen molar-refractivity contribution in [2.45, 2.75) is 31.3 Å². The SMILES string of the molecule is COCC(C)(O)C(=O)N1CCC(c2noc3cc(F)ccc23)CC1. The molecule has 0 saturated carbocycles. The summed E-state index contributed by atoms with van der Waals surface area (Å²) in [6.07, 6.45) is 1.43. The molecule has 0 spiro atoms. The Labute approximate surface area is 139 Å². The number of benzene rings is 1. The number of fused-ring (bicyclic) bond motifs is 1. The molecule has 1 aliphatic rings. The molecule has 130 valence electrons. The number of hydrogen-bond donors (Lipinski definition) is 1. The Kier molecular flexibility index (Phi) is 4.56. The third-order valence-electron chi connectivity index (χ3n) is 4.52. The van der Waals surface area contributed by atoms with Gasteiger partial charge in [0.05, 0.1) is 12.3 Å². The summed E-state index contributed by atoms with van der Waals surface area (Å²) in [5, 5.41) is 15.1. The number of amides is 1. The Morgan fingerprint density at radius 2 is 2.21 bits per heavy atom. The smallest absolute Gasteiger partial charge is 0.256 e. The first-order chi connectivity index (χ1) is 11.4. The van der Waals surface area contributed by atoms with E-state index in [0.717, 1.165) is 11.1 Å². The predicted octanol–water partition coefficient (Wildman–Crippen LogP) is 2.07. The summed E-state index contributed by atoms with van der Waals surface area (Å²) >= 11 is 0. The normalized spacial score (nSPS) is 18.8. The molecule has 1 saturated heterocycles. The van der Waals surface area contributed by atoms with Gasteiger partial charge in [-0.2, -0.15) is 0 Å². The highest BCUT2D eigenvalue weighted by atomic mass is 19.1. The molecule has 0 aliphatic carbocycles. The highest BCUT2D eigenvalue weighted by Crippen LogP contribution is 2.33. The third kappa shape index (κ3) is 3.14. The number of hydrogen-bond acceptors (Lipinski definition) is 5. The third-order valence-corrected chi connectivity index (χ3v) is 4.52. The topological polar surface area (TPSA) is 75.8 Å². The van der Waals surface area contributed by atoms with Gasteiger partial charge in [-0.15, -0.1) is 0 Å². The van der Waals surface area contributed by atoms with Crippen molar-refractivity contribution in [2.75, 3.05) is 26.8 Å². The Morgan fingerprint density at radius 1 is 1.50 bits per heavy atom. The summed E-state index contributed by atoms with van der Waals surface area (Å²) in [4.78, 5) is 14.0. The lowest BCUT2D eigenvalue weighted by atomic mass is 9.90. The fourth-order valence-electron chi connectivity index (χ4n) is 3.26. The number of methoxy groups -OCH3 is 1. The Bertz CT molecular complexity index is 735. The number of aromatic nitrogens is 1. The second kappa shape index (κ2) is 6.49. The van der Waals surface area contributed by atoms with E-state index in [1.54, 1.807) is 11.0 Å². The average Bonchev–Trinajstić information content (AvgIpc) is 2.97. The van der Waals surface area contributed by atoms with Crippen molar-refractivity contribution in [3.05, 3.63) is 29.7 Å². The van der Waals surface area contributed by atoms with Gasteiger partial charge < -0.3 is 19.3 Å². The number of nitrogens with zero attached hydrogens (tertiary/aromatic N) is 2. The molecule has 1 amide bonds. The lowest BCUT2D eigenvalue weighted by Crippen LogP contribution is -2.51. The molecular formula is C17H21FN2O4. The average molecular weight is 336 g/mol. The van der Waals surface area contributed by atoms with Crippen LogP contribution in [0.4, 0.5) is 4.39 Å². The number of carbonyl (C=O) groups excluding carboxylic acids is 1. The van der Waals surface area contributed by atoms with Crippen LogP contribution in [-0.4, -0.2) is 53.5 Å². The summed E-state index contributed by atoms with van der Waals surface area (Å²) in [5.74, 6) is -0.533. The van der Waals surface area contributed by atoms with Crippen LogP contribution in [0.2, 0.25) is 0 Å². The highest BCUT2D eigenvalue weighted by molar-refractivity contribution is 5.85. The maximum Gasteiger partial charge on any atom is 0.256 e. The Hall–Kier alpha value is -1.99. The molecule has 1 aliphatic heterocycles. The van der Waals surface area contributed by atoms with Gasteiger partial charge in [-0.05, 0) is 31.9 Å². The van der Waals surface area contributed by atoms with Crippen molar-refractivity contribution in [2.24, 2.45) is 0 Å². The van der Waals surface area contributed by atoms with E-state index in [-0.39, 0.29) is 24.2 Å². The molecule has 7 heteroatoms. The van der Waals surface area contributed by atoms with E-state index in [9.17, 15) is 14.3 Å². The number of piperidine rings is 1. The molecule has 6 nitrogen and oxygen atoms in total. The van der Waals surface area contributed by atoms with Crippen LogP contribution in [-0.2, 0) is 9.53 Å². The van der Waals surface area contributed by atoms with E-state index >= 15 is 0 Å². The number of ether oxygens (including phenoxy) is 1. The fraction of sp³-hybridized carbons (Fsp3) is 0.529. The molecule has 3 rings (SSSR count). The lowest BCUT2D eigenvalue weighted by molar-refractivity contribution is -0.155. The summed E-state index contributed by atoms with van der Waals surface area (Å²) in [7, 11) is 1.45. The van der Waals surface area contributed by atoms with Gasteiger partial charge in [-0.25, -0.2) is 4.39 Å². The number of aliphatic hydroxyl groups is 1. The van der Waals surface area contributed by atoms with E-state index in [0.29, 0.717) is 31.5 Å². The van der Waals surface area contributed by atoms with Crippen LogP contribution >= 0.6 is 0 Å². The van der Waals surface area contributed by atoms with Crippen molar-refractivity contribution < 1.29 is 23.6 Å². The number of rotatable bonds is 4. The molecule has 1 unspecified atom stereocenters. The molecule has 2 aromatic rings. The van der Waals surface area contributed by atoms with Crippen LogP contribution in [0.25, 0.3) is 11.0 Å². The second-order valence-electron chi connectivity index (χ2n) is 6.48. The van der Waals surface area contributed by atoms with Gasteiger partial charge in [-0.3, -0.25) is 4.79 Å². The minimum absolute atomic E-state index is 0.0365. The molecule has 0 bridgehead atoms. The van der Waals surface area contributed by atoms with Crippen LogP contribution in [0.1, 0.15) is 31.4 Å². The number of likely N-dealkylation sites (tertiary alicyclic amines) is 1. The maximum absolute atomic E-state index is 13.2. The number of carbonyl (C=O) groups is 1. The fourth-order valence-corrected chi connectivity index (χ4v) is 3.26. The van der Waals surface area contributed by atoms with Gasteiger partial charge in [0.25, 0.3) is 5.91 Å². The quantitative estimate of drug-likeness (QED) is 0.925. The zero-order valence-corrected chi connectivity index (χ0v) is 13.8. The zero-order valence-electron chi connectivity index (χ0n) is 13.8. The number of halogens is 1. The summed E-state index contributed by atoms with van der Waals surface area (Å²) in [5.41, 5.74) is -0.271. The van der Waals surface area contributed by atoms with Crippen molar-refractivity contribution in [3.63, 3.8) is 0 Å². The maximum atomic E-state index is 13.2. The van der Waals surface area contributed by atoms with Crippen LogP contribution < -0.4 is 0 Å². The molecule has 24 heavy (non-hydrogen) atoms. The Balaban J connectivity index is 1.69. The molecule has 1 aromatic heterocycles. The van der Waals surface area contributed by atoms with Crippen LogP contribution in [0.5, 0.6) is 0 Å². The lowest BCUT2D eigenvalue weighted by Gasteiger charge is -2.35. The monoisotopic (exact) mass is 336 g/mol. The first-order valence-electron chi connectivity index (χ1n) is 7.98. The minimum Gasteiger partial charge on any atom is -0.381 e. The van der Waals surface area contributed by atoms with Gasteiger partial charge in [-0.1, -0.05) is 5.16 Å². The van der Waals surface area contributed by atoms with E-state index in [1.165, 1.54) is 26.2 Å². The largest absolute Gasteiger partial charge is 0.381 e. The zero-order chi connectivity index (χ0) is 17.3. The Morgan fingerprint density at radius 3 is 2.88 bits per heavy atom. The van der Waals surface area contributed by atoms with Gasteiger partial charge >= 0.3 is 0 Å². The van der Waals surface area contributed by atoms with Crippen molar-refractivity contribution in [3.8, 4) is 0 Å². The first kappa shape index (κ1) is 16.9. The molecule has 1 fully saturated rings. The first-order valence-corrected chi connectivity index (χ1v) is 7.98. The molecule has 1 atom stereocenters. The van der Waals surface area contributed by atoms with E-state index < -0.39 is 5.60 Å². The van der Waals surface area contributed by atoms with Gasteiger partial charge in [0, 0.05) is 37.6 Å². The molecule has 0 radical (unpaired) electrons. The van der Waals surface area contributed by atoms with Crippen LogP contribution in [0, 0.1) is 5.82 Å². The van der Waals surface area contributed by atoms with E-state index in [2.05, 4.69) is 5.16 Å². The predicted molar refractivity (Wildman–Crippen MR) is 85.0 cm³/mol. The summed E-state index contributed by atoms with van der Waals surface area (Å²) < 4.78 is 23.4. The van der Waals surface area contributed by atoms with E-state index in [4.69, 9.17) is 9.26 Å². The van der Waals surface area contributed by atoms with Gasteiger partial charge in [0.2, 0.25) is 0 Å². The summed E-state index contributed by atoms with van der Waals surface area (Å²) in [6.45, 7) is 2.48. The van der Waals surface area contributed by atoms with Gasteiger partial charge in [0.1, 0.15) is 5.82 Å². The minimum atomic E-state index is -1.51. The molecule has 1 N–H and O–H groups in total. The van der Waals surface area contributed by atoms with Crippen LogP contribution in [0.15, 0.2) is 22.7 Å².